The molecule has 3 atom stereocenters. The molecule has 3 unspecified atom stereocenters. The lowest BCUT2D eigenvalue weighted by atomic mass is 9.94. The van der Waals surface area contributed by atoms with E-state index < -0.39 is 0 Å². The quantitative estimate of drug-likeness (QED) is 0.742. The highest BCUT2D eigenvalue weighted by molar-refractivity contribution is 4.97. The lowest BCUT2D eigenvalue weighted by Gasteiger charge is -2.42. The smallest absolute Gasteiger partial charge is 0.0980 e. The van der Waals surface area contributed by atoms with Crippen molar-refractivity contribution in [2.45, 2.75) is 57.7 Å². The van der Waals surface area contributed by atoms with E-state index in [1.54, 1.807) is 0 Å². The second kappa shape index (κ2) is 5.33. The largest absolute Gasteiger partial charge is 0.329 e. The summed E-state index contributed by atoms with van der Waals surface area (Å²) in [4.78, 5) is 2.32. The lowest BCUT2D eigenvalue weighted by molar-refractivity contribution is 0.0705. The molecular weight excluding hydrogens is 174 g/mol. The summed E-state index contributed by atoms with van der Waals surface area (Å²) in [6, 6.07) is 3.38. The predicted octanol–water partition coefficient (Wildman–Crippen LogP) is 1.49. The van der Waals surface area contributed by atoms with Gasteiger partial charge in [0.15, 0.2) is 0 Å². The second-order valence-electron chi connectivity index (χ2n) is 4.17. The van der Waals surface area contributed by atoms with Gasteiger partial charge in [0.1, 0.15) is 0 Å². The minimum Gasteiger partial charge on any atom is -0.329 e. The van der Waals surface area contributed by atoms with Gasteiger partial charge >= 0.3 is 0 Å². The fraction of sp³-hybridized carbons (Fsp3) is 0.909. The highest BCUT2D eigenvalue weighted by Gasteiger charge is 2.31. The Morgan fingerprint density at radius 2 is 2.29 bits per heavy atom. The lowest BCUT2D eigenvalue weighted by Crippen LogP contribution is -2.53. The molecule has 1 saturated heterocycles. The molecule has 0 radical (unpaired) electrons. The van der Waals surface area contributed by atoms with Crippen molar-refractivity contribution >= 4 is 0 Å². The maximum Gasteiger partial charge on any atom is 0.0980 e. The van der Waals surface area contributed by atoms with Crippen molar-refractivity contribution in [3.63, 3.8) is 0 Å². The molecule has 0 aromatic heterocycles. The first kappa shape index (κ1) is 11.5. The van der Waals surface area contributed by atoms with E-state index in [9.17, 15) is 0 Å². The Morgan fingerprint density at radius 1 is 1.57 bits per heavy atom. The average Bonchev–Trinajstić information content (AvgIpc) is 2.22. The van der Waals surface area contributed by atoms with E-state index in [1.165, 1.54) is 12.8 Å². The van der Waals surface area contributed by atoms with E-state index in [2.05, 4.69) is 24.8 Å². The van der Waals surface area contributed by atoms with Crippen LogP contribution >= 0.6 is 0 Å². The Bertz CT molecular complexity index is 209. The van der Waals surface area contributed by atoms with Gasteiger partial charge in [-0.25, -0.2) is 0 Å². The summed E-state index contributed by atoms with van der Waals surface area (Å²) >= 11 is 0. The highest BCUT2D eigenvalue weighted by atomic mass is 15.2. The van der Waals surface area contributed by atoms with Gasteiger partial charge in [0.05, 0.1) is 12.1 Å². The zero-order chi connectivity index (χ0) is 10.6. The van der Waals surface area contributed by atoms with Crippen LogP contribution in [0.4, 0.5) is 0 Å². The first-order valence-corrected chi connectivity index (χ1v) is 5.61. The van der Waals surface area contributed by atoms with Gasteiger partial charge < -0.3 is 5.73 Å². The molecule has 0 saturated carbocycles. The van der Waals surface area contributed by atoms with E-state index in [-0.39, 0.29) is 6.04 Å². The molecule has 14 heavy (non-hydrogen) atoms. The van der Waals surface area contributed by atoms with Crippen LogP contribution in [0.3, 0.4) is 0 Å². The summed E-state index contributed by atoms with van der Waals surface area (Å²) in [6.45, 7) is 4.97. The summed E-state index contributed by atoms with van der Waals surface area (Å²) in [5.41, 5.74) is 5.75. The Balaban J connectivity index is 2.73. The van der Waals surface area contributed by atoms with Crippen LogP contribution in [0.5, 0.6) is 0 Å². The monoisotopic (exact) mass is 195 g/mol. The standard InChI is InChI=1S/C11H21N3/c1-3-10(7-12)14-9(2)5-4-6-11(14)8-13/h9-11H,3-6,8,13H2,1-2H3. The van der Waals surface area contributed by atoms with Crippen molar-refractivity contribution in [3.8, 4) is 6.07 Å². The molecule has 0 aromatic rings. The van der Waals surface area contributed by atoms with Crippen molar-refractivity contribution in [1.82, 2.24) is 4.90 Å². The van der Waals surface area contributed by atoms with Crippen molar-refractivity contribution < 1.29 is 0 Å². The van der Waals surface area contributed by atoms with Crippen molar-refractivity contribution in [3.05, 3.63) is 0 Å². The van der Waals surface area contributed by atoms with Gasteiger partial charge in [-0.05, 0) is 26.2 Å². The van der Waals surface area contributed by atoms with Crippen molar-refractivity contribution in [2.75, 3.05) is 6.54 Å². The second-order valence-corrected chi connectivity index (χ2v) is 4.17. The Morgan fingerprint density at radius 3 is 2.79 bits per heavy atom. The molecule has 0 aromatic carbocycles. The molecule has 1 rings (SSSR count). The topological polar surface area (TPSA) is 53.0 Å². The third kappa shape index (κ3) is 2.26. The fourth-order valence-corrected chi connectivity index (χ4v) is 2.48. The number of nitriles is 1. The molecular formula is C11H21N3. The van der Waals surface area contributed by atoms with Gasteiger partial charge in [-0.15, -0.1) is 0 Å². The van der Waals surface area contributed by atoms with Crippen LogP contribution in [0.25, 0.3) is 0 Å². The van der Waals surface area contributed by atoms with E-state index >= 15 is 0 Å². The number of nitrogens with zero attached hydrogens (tertiary/aromatic N) is 2. The third-order valence-electron chi connectivity index (χ3n) is 3.26. The van der Waals surface area contributed by atoms with Crippen LogP contribution in [0.2, 0.25) is 0 Å². The Labute approximate surface area is 86.9 Å². The summed E-state index contributed by atoms with van der Waals surface area (Å²) in [5, 5.41) is 9.08. The minimum atomic E-state index is 0.0545. The normalized spacial score (nSPS) is 31.0. The Kier molecular flexibility index (Phi) is 4.37. The molecule has 1 fully saturated rings. The van der Waals surface area contributed by atoms with Gasteiger partial charge in [0.25, 0.3) is 0 Å². The van der Waals surface area contributed by atoms with Gasteiger partial charge in [-0.3, -0.25) is 4.90 Å². The molecule has 3 nitrogen and oxygen atoms in total. The zero-order valence-corrected chi connectivity index (χ0v) is 9.24. The van der Waals surface area contributed by atoms with Gasteiger partial charge in [0.2, 0.25) is 0 Å². The molecule has 1 heterocycles. The van der Waals surface area contributed by atoms with Gasteiger partial charge in [-0.1, -0.05) is 13.3 Å². The number of likely N-dealkylation sites (tertiary alicyclic amines) is 1. The van der Waals surface area contributed by atoms with E-state index in [0.717, 1.165) is 12.8 Å². The number of rotatable bonds is 3. The molecule has 0 bridgehead atoms. The minimum absolute atomic E-state index is 0.0545. The molecule has 0 amide bonds. The van der Waals surface area contributed by atoms with Crippen molar-refractivity contribution in [2.24, 2.45) is 5.73 Å². The maximum atomic E-state index is 9.08. The molecule has 0 spiro atoms. The fourth-order valence-electron chi connectivity index (χ4n) is 2.48. The number of piperidine rings is 1. The van der Waals surface area contributed by atoms with Crippen molar-refractivity contribution in [1.29, 1.82) is 5.26 Å². The summed E-state index contributed by atoms with van der Waals surface area (Å²) < 4.78 is 0. The predicted molar refractivity (Wildman–Crippen MR) is 57.7 cm³/mol. The van der Waals surface area contributed by atoms with E-state index in [0.29, 0.717) is 18.6 Å². The van der Waals surface area contributed by atoms with Crippen LogP contribution in [-0.2, 0) is 0 Å². The summed E-state index contributed by atoms with van der Waals surface area (Å²) in [6.07, 6.45) is 4.51. The van der Waals surface area contributed by atoms with Crippen LogP contribution in [0, 0.1) is 11.3 Å². The molecule has 2 N–H and O–H groups in total. The zero-order valence-electron chi connectivity index (χ0n) is 9.24. The number of hydrogen-bond acceptors (Lipinski definition) is 3. The average molecular weight is 195 g/mol. The Hall–Kier alpha value is -0.590. The highest BCUT2D eigenvalue weighted by Crippen LogP contribution is 2.25. The maximum absolute atomic E-state index is 9.08. The summed E-state index contributed by atoms with van der Waals surface area (Å²) in [7, 11) is 0. The SMILES string of the molecule is CCC(C#N)N1C(C)CCCC1CN. The van der Waals surface area contributed by atoms with E-state index in [1.807, 2.05) is 0 Å². The number of nitrogens with two attached hydrogens (primary N) is 1. The van der Waals surface area contributed by atoms with Crippen LogP contribution in [-0.4, -0.2) is 29.6 Å². The van der Waals surface area contributed by atoms with Crippen LogP contribution in [0.1, 0.15) is 39.5 Å². The first-order chi connectivity index (χ1) is 6.74. The van der Waals surface area contributed by atoms with E-state index in [4.69, 9.17) is 11.0 Å². The molecule has 80 valence electrons. The molecule has 3 heteroatoms. The van der Waals surface area contributed by atoms with Crippen LogP contribution in [0.15, 0.2) is 0 Å². The number of hydrogen-bond donors (Lipinski definition) is 1. The molecule has 1 aliphatic heterocycles. The molecule has 0 aliphatic carbocycles. The molecule has 1 aliphatic rings. The van der Waals surface area contributed by atoms with Gasteiger partial charge in [0, 0.05) is 18.6 Å². The van der Waals surface area contributed by atoms with Gasteiger partial charge in [-0.2, -0.15) is 5.26 Å². The third-order valence-corrected chi connectivity index (χ3v) is 3.26. The summed E-state index contributed by atoms with van der Waals surface area (Å²) in [5.74, 6) is 0. The first-order valence-electron chi connectivity index (χ1n) is 5.61. The van der Waals surface area contributed by atoms with Crippen LogP contribution < -0.4 is 5.73 Å².